The molecule has 0 fully saturated rings. The highest BCUT2D eigenvalue weighted by molar-refractivity contribution is 5.41. The molecule has 0 saturated heterocycles. The minimum atomic E-state index is 0.431. The molecule has 5 heteroatoms. The summed E-state index contributed by atoms with van der Waals surface area (Å²) >= 11 is 0. The summed E-state index contributed by atoms with van der Waals surface area (Å²) in [7, 11) is 1.76. The Morgan fingerprint density at radius 1 is 1.41 bits per heavy atom. The van der Waals surface area contributed by atoms with Gasteiger partial charge >= 0.3 is 0 Å². The quantitative estimate of drug-likeness (QED) is 0.706. The average molecular weight is 237 g/mol. The van der Waals surface area contributed by atoms with Gasteiger partial charge in [0.15, 0.2) is 0 Å². The number of rotatable bonds is 6. The van der Waals surface area contributed by atoms with E-state index >= 15 is 0 Å². The van der Waals surface area contributed by atoms with Crippen molar-refractivity contribution < 1.29 is 9.47 Å². The highest BCUT2D eigenvalue weighted by Gasteiger charge is 2.13. The van der Waals surface area contributed by atoms with E-state index in [0.29, 0.717) is 36.3 Å². The first kappa shape index (κ1) is 13.5. The summed E-state index contributed by atoms with van der Waals surface area (Å²) in [6.45, 7) is 7.66. The second kappa shape index (κ2) is 6.26. The van der Waals surface area contributed by atoms with Gasteiger partial charge < -0.3 is 9.47 Å². The lowest BCUT2D eigenvalue weighted by molar-refractivity contribution is 0.0793. The number of hydrogen-bond donors (Lipinski definition) is 0. The van der Waals surface area contributed by atoms with Crippen LogP contribution in [-0.2, 0) is 11.8 Å². The van der Waals surface area contributed by atoms with Crippen molar-refractivity contribution in [3.63, 3.8) is 0 Å². The fourth-order valence-corrected chi connectivity index (χ4v) is 1.45. The molecular formula is C12H19N3O2. The molecule has 0 spiro atoms. The largest absolute Gasteiger partial charge is 0.474 e. The van der Waals surface area contributed by atoms with Crippen LogP contribution in [0.2, 0.25) is 0 Å². The molecular weight excluding hydrogens is 218 g/mol. The third-order valence-corrected chi connectivity index (χ3v) is 2.20. The maximum absolute atomic E-state index is 8.97. The number of ether oxygens (including phenoxy) is 2. The monoisotopic (exact) mass is 237 g/mol. The zero-order chi connectivity index (χ0) is 12.8. The second-order valence-electron chi connectivity index (χ2n) is 4.32. The molecule has 1 aromatic heterocycles. The first-order valence-electron chi connectivity index (χ1n) is 5.70. The lowest BCUT2D eigenvalue weighted by Crippen LogP contribution is -2.12. The van der Waals surface area contributed by atoms with Gasteiger partial charge in [0, 0.05) is 13.7 Å². The van der Waals surface area contributed by atoms with E-state index in [1.807, 2.05) is 0 Å². The summed E-state index contributed by atoms with van der Waals surface area (Å²) in [5.41, 5.74) is 1.18. The maximum Gasteiger partial charge on any atom is 0.230 e. The van der Waals surface area contributed by atoms with E-state index in [9.17, 15) is 0 Å². The van der Waals surface area contributed by atoms with Gasteiger partial charge in [-0.1, -0.05) is 13.8 Å². The van der Waals surface area contributed by atoms with Crippen LogP contribution in [0, 0.1) is 24.2 Å². The first-order chi connectivity index (χ1) is 8.06. The fourth-order valence-electron chi connectivity index (χ4n) is 1.45. The number of nitrogens with zero attached hydrogens (tertiary/aromatic N) is 3. The molecule has 0 aliphatic heterocycles. The summed E-state index contributed by atoms with van der Waals surface area (Å²) in [4.78, 5) is 0. The lowest BCUT2D eigenvalue weighted by atomic mass is 10.2. The summed E-state index contributed by atoms with van der Waals surface area (Å²) < 4.78 is 12.5. The Labute approximate surface area is 102 Å². The molecule has 1 heterocycles. The Bertz CT molecular complexity index is 405. The molecule has 0 aliphatic carbocycles. The highest BCUT2D eigenvalue weighted by atomic mass is 16.5. The van der Waals surface area contributed by atoms with Crippen LogP contribution in [0.5, 0.6) is 5.88 Å². The molecule has 0 atom stereocenters. The molecule has 17 heavy (non-hydrogen) atoms. The van der Waals surface area contributed by atoms with E-state index in [0.717, 1.165) is 6.61 Å². The predicted octanol–water partition coefficient (Wildman–Crippen LogP) is 1.65. The number of aromatic nitrogens is 2. The normalized spacial score (nSPS) is 10.6. The maximum atomic E-state index is 8.97. The van der Waals surface area contributed by atoms with Crippen LogP contribution in [0.4, 0.5) is 0 Å². The topological polar surface area (TPSA) is 60.1 Å². The SMILES string of the molecule is Cc1nn(C)c(OCCOCC(C)C)c1C#N. The highest BCUT2D eigenvalue weighted by Crippen LogP contribution is 2.19. The number of nitriles is 1. The van der Waals surface area contributed by atoms with Crippen molar-refractivity contribution in [1.29, 1.82) is 5.26 Å². The van der Waals surface area contributed by atoms with E-state index in [-0.39, 0.29) is 0 Å². The fraction of sp³-hybridized carbons (Fsp3) is 0.667. The summed E-state index contributed by atoms with van der Waals surface area (Å²) in [5, 5.41) is 13.1. The Balaban J connectivity index is 2.44. The third-order valence-electron chi connectivity index (χ3n) is 2.20. The molecule has 1 rings (SSSR count). The molecule has 0 saturated carbocycles. The van der Waals surface area contributed by atoms with Crippen LogP contribution < -0.4 is 4.74 Å². The lowest BCUT2D eigenvalue weighted by Gasteiger charge is -2.08. The van der Waals surface area contributed by atoms with E-state index in [1.165, 1.54) is 0 Å². The molecule has 1 aromatic rings. The van der Waals surface area contributed by atoms with Crippen molar-refractivity contribution in [2.45, 2.75) is 20.8 Å². The Kier molecular flexibility index (Phi) is 4.98. The molecule has 5 nitrogen and oxygen atoms in total. The molecule has 0 bridgehead atoms. The van der Waals surface area contributed by atoms with Crippen LogP contribution in [0.3, 0.4) is 0 Å². The standard InChI is InChI=1S/C12H19N3O2/c1-9(2)8-16-5-6-17-12-11(7-13)10(3)14-15(12)4/h9H,5-6,8H2,1-4H3. The van der Waals surface area contributed by atoms with Crippen LogP contribution >= 0.6 is 0 Å². The number of hydrogen-bond acceptors (Lipinski definition) is 4. The van der Waals surface area contributed by atoms with Gasteiger partial charge in [-0.25, -0.2) is 4.68 Å². The van der Waals surface area contributed by atoms with Gasteiger partial charge in [-0.2, -0.15) is 10.4 Å². The molecule has 0 unspecified atom stereocenters. The molecule has 0 N–H and O–H groups in total. The first-order valence-corrected chi connectivity index (χ1v) is 5.70. The summed E-state index contributed by atoms with van der Waals surface area (Å²) in [6.07, 6.45) is 0. The summed E-state index contributed by atoms with van der Waals surface area (Å²) in [5.74, 6) is 1.03. The Morgan fingerprint density at radius 2 is 2.12 bits per heavy atom. The van der Waals surface area contributed by atoms with Crippen LogP contribution in [0.25, 0.3) is 0 Å². The van der Waals surface area contributed by atoms with E-state index in [4.69, 9.17) is 14.7 Å². The second-order valence-corrected chi connectivity index (χ2v) is 4.32. The molecule has 0 aliphatic rings. The summed E-state index contributed by atoms with van der Waals surface area (Å²) in [6, 6.07) is 2.09. The average Bonchev–Trinajstić information content (AvgIpc) is 2.52. The van der Waals surface area contributed by atoms with Crippen molar-refractivity contribution >= 4 is 0 Å². The predicted molar refractivity (Wildman–Crippen MR) is 63.8 cm³/mol. The minimum Gasteiger partial charge on any atom is -0.474 e. The van der Waals surface area contributed by atoms with Crippen molar-refractivity contribution in [3.8, 4) is 11.9 Å². The molecule has 0 amide bonds. The zero-order valence-electron chi connectivity index (χ0n) is 10.9. The molecule has 94 valence electrons. The van der Waals surface area contributed by atoms with E-state index in [1.54, 1.807) is 18.7 Å². The van der Waals surface area contributed by atoms with Gasteiger partial charge in [0.25, 0.3) is 0 Å². The van der Waals surface area contributed by atoms with Gasteiger partial charge in [-0.15, -0.1) is 0 Å². The smallest absolute Gasteiger partial charge is 0.230 e. The van der Waals surface area contributed by atoms with Crippen molar-refractivity contribution in [3.05, 3.63) is 11.3 Å². The Hall–Kier alpha value is -1.54. The van der Waals surface area contributed by atoms with Gasteiger partial charge in [-0.05, 0) is 12.8 Å². The molecule has 0 radical (unpaired) electrons. The van der Waals surface area contributed by atoms with Crippen molar-refractivity contribution in [1.82, 2.24) is 9.78 Å². The molecule has 0 aromatic carbocycles. The van der Waals surface area contributed by atoms with Crippen molar-refractivity contribution in [2.75, 3.05) is 19.8 Å². The van der Waals surface area contributed by atoms with Crippen LogP contribution in [0.15, 0.2) is 0 Å². The van der Waals surface area contributed by atoms with E-state index in [2.05, 4.69) is 25.0 Å². The van der Waals surface area contributed by atoms with Crippen LogP contribution in [0.1, 0.15) is 25.1 Å². The van der Waals surface area contributed by atoms with Crippen molar-refractivity contribution in [2.24, 2.45) is 13.0 Å². The zero-order valence-corrected chi connectivity index (χ0v) is 10.9. The van der Waals surface area contributed by atoms with Gasteiger partial charge in [-0.3, -0.25) is 0 Å². The Morgan fingerprint density at radius 3 is 2.71 bits per heavy atom. The minimum absolute atomic E-state index is 0.431. The third kappa shape index (κ3) is 3.75. The number of aryl methyl sites for hydroxylation is 2. The van der Waals surface area contributed by atoms with Crippen LogP contribution in [-0.4, -0.2) is 29.6 Å². The van der Waals surface area contributed by atoms with Gasteiger partial charge in [0.05, 0.1) is 12.3 Å². The van der Waals surface area contributed by atoms with Gasteiger partial charge in [0.1, 0.15) is 18.2 Å². The van der Waals surface area contributed by atoms with E-state index < -0.39 is 0 Å². The van der Waals surface area contributed by atoms with Gasteiger partial charge in [0.2, 0.25) is 5.88 Å².